The quantitative estimate of drug-likeness (QED) is 0.369. The van der Waals surface area contributed by atoms with E-state index in [9.17, 15) is 15.0 Å². The normalized spacial score (nSPS) is 40.0. The standard InChI is InChI=1S/C7H13NO5/c1-8-7(12)6-5(11)3(9)2-4(10)13-6/h3-6,9-11H,2H2,1H3,(H,8,12)/t3-,4-,5-,6?/m1/s1. The Balaban J connectivity index is 2.66. The summed E-state index contributed by atoms with van der Waals surface area (Å²) in [5.41, 5.74) is 0. The van der Waals surface area contributed by atoms with Gasteiger partial charge in [-0.15, -0.1) is 0 Å². The lowest BCUT2D eigenvalue weighted by molar-refractivity contribution is -0.229. The Labute approximate surface area is 75.1 Å². The molecule has 1 aliphatic heterocycles. The zero-order valence-electron chi connectivity index (χ0n) is 7.17. The van der Waals surface area contributed by atoms with Gasteiger partial charge in [0.15, 0.2) is 12.4 Å². The van der Waals surface area contributed by atoms with Crippen molar-refractivity contribution >= 4 is 5.91 Å². The van der Waals surface area contributed by atoms with Gasteiger partial charge in [-0.2, -0.15) is 0 Å². The molecule has 0 aliphatic carbocycles. The number of aliphatic hydroxyl groups excluding tert-OH is 3. The Morgan fingerprint density at radius 3 is 2.62 bits per heavy atom. The molecule has 0 bridgehead atoms. The molecule has 1 fully saturated rings. The molecule has 0 aromatic rings. The summed E-state index contributed by atoms with van der Waals surface area (Å²) in [4.78, 5) is 11.1. The third-order valence-corrected chi connectivity index (χ3v) is 1.96. The van der Waals surface area contributed by atoms with Crippen LogP contribution >= 0.6 is 0 Å². The number of carbonyl (C=O) groups excluding carboxylic acids is 1. The van der Waals surface area contributed by atoms with Crippen molar-refractivity contribution in [2.24, 2.45) is 0 Å². The minimum Gasteiger partial charge on any atom is -0.390 e. The van der Waals surface area contributed by atoms with E-state index in [4.69, 9.17) is 9.84 Å². The van der Waals surface area contributed by atoms with E-state index in [1.807, 2.05) is 0 Å². The Bertz CT molecular complexity index is 197. The lowest BCUT2D eigenvalue weighted by Gasteiger charge is -2.33. The first-order chi connectivity index (χ1) is 6.06. The van der Waals surface area contributed by atoms with Crippen molar-refractivity contribution in [3.63, 3.8) is 0 Å². The lowest BCUT2D eigenvalue weighted by Crippen LogP contribution is -2.54. The van der Waals surface area contributed by atoms with E-state index < -0.39 is 30.5 Å². The van der Waals surface area contributed by atoms with E-state index in [0.29, 0.717) is 0 Å². The summed E-state index contributed by atoms with van der Waals surface area (Å²) < 4.78 is 4.76. The molecular formula is C7H13NO5. The highest BCUT2D eigenvalue weighted by atomic mass is 16.6. The Morgan fingerprint density at radius 1 is 1.46 bits per heavy atom. The Hall–Kier alpha value is -0.690. The van der Waals surface area contributed by atoms with Crippen LogP contribution in [-0.4, -0.2) is 52.9 Å². The third kappa shape index (κ3) is 2.16. The molecule has 4 atom stereocenters. The number of amides is 1. The van der Waals surface area contributed by atoms with Gasteiger partial charge in [-0.05, 0) is 0 Å². The van der Waals surface area contributed by atoms with Gasteiger partial charge in [-0.3, -0.25) is 4.79 Å². The first-order valence-electron chi connectivity index (χ1n) is 3.97. The fraction of sp³-hybridized carbons (Fsp3) is 0.857. The highest BCUT2D eigenvalue weighted by molar-refractivity contribution is 5.81. The van der Waals surface area contributed by atoms with Crippen LogP contribution in [0.2, 0.25) is 0 Å². The van der Waals surface area contributed by atoms with E-state index in [1.54, 1.807) is 0 Å². The molecule has 1 amide bonds. The maximum absolute atomic E-state index is 11.1. The summed E-state index contributed by atoms with van der Waals surface area (Å²) in [6.07, 6.45) is -4.92. The van der Waals surface area contributed by atoms with Gasteiger partial charge in [-0.25, -0.2) is 0 Å². The van der Waals surface area contributed by atoms with Gasteiger partial charge in [0.25, 0.3) is 5.91 Å². The van der Waals surface area contributed by atoms with E-state index in [-0.39, 0.29) is 6.42 Å². The van der Waals surface area contributed by atoms with Crippen LogP contribution in [0.25, 0.3) is 0 Å². The van der Waals surface area contributed by atoms with Crippen LogP contribution < -0.4 is 5.32 Å². The molecule has 0 saturated carbocycles. The van der Waals surface area contributed by atoms with Gasteiger partial charge in [0.1, 0.15) is 6.10 Å². The Kier molecular flexibility index (Phi) is 3.21. The van der Waals surface area contributed by atoms with Crippen LogP contribution in [0, 0.1) is 0 Å². The van der Waals surface area contributed by atoms with Crippen LogP contribution in [0.5, 0.6) is 0 Å². The summed E-state index contributed by atoms with van der Waals surface area (Å²) in [5, 5.41) is 29.8. The van der Waals surface area contributed by atoms with Gasteiger partial charge in [0.2, 0.25) is 0 Å². The molecule has 6 heteroatoms. The van der Waals surface area contributed by atoms with Crippen molar-refractivity contribution in [3.8, 4) is 0 Å². The molecule has 4 N–H and O–H groups in total. The third-order valence-electron chi connectivity index (χ3n) is 1.96. The first-order valence-corrected chi connectivity index (χ1v) is 3.97. The Morgan fingerprint density at radius 2 is 2.08 bits per heavy atom. The summed E-state index contributed by atoms with van der Waals surface area (Å²) in [5.74, 6) is -0.565. The number of nitrogens with one attached hydrogen (secondary N) is 1. The zero-order valence-corrected chi connectivity index (χ0v) is 7.17. The first kappa shape index (κ1) is 10.4. The van der Waals surface area contributed by atoms with Gasteiger partial charge in [0, 0.05) is 13.5 Å². The number of ether oxygens (including phenoxy) is 1. The molecule has 0 radical (unpaired) electrons. The second-order valence-electron chi connectivity index (χ2n) is 2.92. The number of likely N-dealkylation sites (N-methyl/N-ethyl adjacent to an activating group) is 1. The molecule has 1 aliphatic rings. The molecule has 1 heterocycles. The van der Waals surface area contributed by atoms with Gasteiger partial charge >= 0.3 is 0 Å². The molecule has 1 unspecified atom stereocenters. The minimum absolute atomic E-state index is 0.0886. The maximum Gasteiger partial charge on any atom is 0.251 e. The lowest BCUT2D eigenvalue weighted by atomic mass is 10.0. The molecule has 1 saturated heterocycles. The average molecular weight is 191 g/mol. The van der Waals surface area contributed by atoms with Crippen LogP contribution in [-0.2, 0) is 9.53 Å². The number of rotatable bonds is 1. The molecule has 76 valence electrons. The van der Waals surface area contributed by atoms with Gasteiger partial charge < -0.3 is 25.4 Å². The van der Waals surface area contributed by atoms with Crippen molar-refractivity contribution in [2.75, 3.05) is 7.05 Å². The average Bonchev–Trinajstić information content (AvgIpc) is 2.10. The number of carbonyl (C=O) groups is 1. The van der Waals surface area contributed by atoms with Crippen LogP contribution in [0.15, 0.2) is 0 Å². The molecular weight excluding hydrogens is 178 g/mol. The SMILES string of the molecule is CNC(=O)C1O[C@@H](O)C[C@@H](O)[C@H]1O. The van der Waals surface area contributed by atoms with Crippen LogP contribution in [0.4, 0.5) is 0 Å². The predicted octanol–water partition coefficient (Wildman–Crippen LogP) is -2.44. The second kappa shape index (κ2) is 4.01. The van der Waals surface area contributed by atoms with Crippen molar-refractivity contribution in [2.45, 2.75) is 31.0 Å². The van der Waals surface area contributed by atoms with Crippen molar-refractivity contribution in [3.05, 3.63) is 0 Å². The van der Waals surface area contributed by atoms with Gasteiger partial charge in [0.05, 0.1) is 6.10 Å². The minimum atomic E-state index is -1.29. The van der Waals surface area contributed by atoms with E-state index in [2.05, 4.69) is 5.32 Å². The fourth-order valence-electron chi connectivity index (χ4n) is 1.21. The topological polar surface area (TPSA) is 99.0 Å². The van der Waals surface area contributed by atoms with E-state index in [1.165, 1.54) is 7.05 Å². The van der Waals surface area contributed by atoms with Gasteiger partial charge in [-0.1, -0.05) is 0 Å². The number of hydrogen-bond donors (Lipinski definition) is 4. The summed E-state index contributed by atoms with van der Waals surface area (Å²) in [6.45, 7) is 0. The van der Waals surface area contributed by atoms with Crippen molar-refractivity contribution in [1.82, 2.24) is 5.32 Å². The fourth-order valence-corrected chi connectivity index (χ4v) is 1.21. The molecule has 0 aromatic carbocycles. The molecule has 0 spiro atoms. The van der Waals surface area contributed by atoms with E-state index in [0.717, 1.165) is 0 Å². The monoisotopic (exact) mass is 191 g/mol. The molecule has 0 aromatic heterocycles. The summed E-state index contributed by atoms with van der Waals surface area (Å²) >= 11 is 0. The van der Waals surface area contributed by atoms with Crippen molar-refractivity contribution < 1.29 is 24.9 Å². The largest absolute Gasteiger partial charge is 0.390 e. The van der Waals surface area contributed by atoms with E-state index >= 15 is 0 Å². The molecule has 13 heavy (non-hydrogen) atoms. The number of hydrogen-bond acceptors (Lipinski definition) is 5. The second-order valence-corrected chi connectivity index (χ2v) is 2.92. The summed E-state index contributed by atoms with van der Waals surface area (Å²) in [6, 6.07) is 0. The summed E-state index contributed by atoms with van der Waals surface area (Å²) in [7, 11) is 1.38. The van der Waals surface area contributed by atoms with Crippen LogP contribution in [0.3, 0.4) is 0 Å². The molecule has 1 rings (SSSR count). The maximum atomic E-state index is 11.1. The highest BCUT2D eigenvalue weighted by Gasteiger charge is 2.39. The smallest absolute Gasteiger partial charge is 0.251 e. The van der Waals surface area contributed by atoms with Crippen molar-refractivity contribution in [1.29, 1.82) is 0 Å². The zero-order chi connectivity index (χ0) is 10.0. The van der Waals surface area contributed by atoms with Crippen LogP contribution in [0.1, 0.15) is 6.42 Å². The number of aliphatic hydroxyl groups is 3. The highest BCUT2D eigenvalue weighted by Crippen LogP contribution is 2.18. The molecule has 6 nitrogen and oxygen atoms in total. The predicted molar refractivity (Wildman–Crippen MR) is 41.6 cm³/mol.